The molecule has 104 valence electrons. The number of amides is 1. The molecule has 3 rings (SSSR count). The Bertz CT molecular complexity index is 410. The Morgan fingerprint density at radius 3 is 2.11 bits per heavy atom. The molecule has 0 unspecified atom stereocenters. The smallest absolute Gasteiger partial charge is 0.226 e. The predicted molar refractivity (Wildman–Crippen MR) is 67.8 cm³/mol. The Hall–Kier alpha value is -1.32. The Morgan fingerprint density at radius 1 is 0.947 bits per heavy atom. The van der Waals surface area contributed by atoms with Crippen LogP contribution < -0.4 is 5.11 Å². The molecule has 3 aliphatic rings. The van der Waals surface area contributed by atoms with Crippen molar-refractivity contribution in [3.63, 3.8) is 0 Å². The van der Waals surface area contributed by atoms with Gasteiger partial charge in [-0.25, -0.2) is 0 Å². The monoisotopic (exact) mass is 262 g/mol. The summed E-state index contributed by atoms with van der Waals surface area (Å²) in [7, 11) is 0. The summed E-state index contributed by atoms with van der Waals surface area (Å²) in [6.45, 7) is 1.58. The lowest BCUT2D eigenvalue weighted by Gasteiger charge is -2.32. The summed E-state index contributed by atoms with van der Waals surface area (Å²) in [5.41, 5.74) is 0. The van der Waals surface area contributed by atoms with Gasteiger partial charge in [0.05, 0.1) is 5.92 Å². The van der Waals surface area contributed by atoms with E-state index in [-0.39, 0.29) is 23.7 Å². The van der Waals surface area contributed by atoms with Crippen molar-refractivity contribution in [1.29, 1.82) is 0 Å². The van der Waals surface area contributed by atoms with Gasteiger partial charge in [0.15, 0.2) is 0 Å². The molecule has 0 radical (unpaired) electrons. The van der Waals surface area contributed by atoms with Gasteiger partial charge in [-0.15, -0.1) is 0 Å². The van der Waals surface area contributed by atoms with Gasteiger partial charge in [-0.2, -0.15) is 0 Å². The highest BCUT2D eigenvalue weighted by Crippen LogP contribution is 2.48. The normalized spacial score (nSPS) is 37.4. The molecule has 0 aromatic heterocycles. The minimum atomic E-state index is -1.05. The molecular formula is C15H20NO3-. The lowest BCUT2D eigenvalue weighted by Crippen LogP contribution is -2.46. The molecular weight excluding hydrogens is 242 g/mol. The van der Waals surface area contributed by atoms with E-state index in [9.17, 15) is 14.7 Å². The maximum absolute atomic E-state index is 12.7. The highest BCUT2D eigenvalue weighted by atomic mass is 16.4. The topological polar surface area (TPSA) is 60.4 Å². The van der Waals surface area contributed by atoms with Crippen LogP contribution in [0.4, 0.5) is 0 Å². The number of carboxylic acid groups (broad SMARTS) is 1. The number of fused-ring (bicyclic) bond motifs is 2. The maximum Gasteiger partial charge on any atom is 0.226 e. The highest BCUT2D eigenvalue weighted by Gasteiger charge is 2.49. The zero-order valence-corrected chi connectivity index (χ0v) is 11.1. The third-order valence-corrected chi connectivity index (χ3v) is 4.93. The first-order chi connectivity index (χ1) is 9.18. The molecule has 1 amide bonds. The number of hydrogen-bond donors (Lipinski definition) is 0. The molecule has 0 spiro atoms. The number of aliphatic carboxylic acids is 1. The van der Waals surface area contributed by atoms with Gasteiger partial charge < -0.3 is 14.8 Å². The van der Waals surface area contributed by atoms with E-state index in [4.69, 9.17) is 0 Å². The number of carbonyl (C=O) groups excluding carboxylic acids is 2. The number of rotatable bonds is 2. The molecule has 2 bridgehead atoms. The van der Waals surface area contributed by atoms with E-state index >= 15 is 0 Å². The molecule has 2 aliphatic carbocycles. The second-order valence-electron chi connectivity index (χ2n) is 6.06. The SMILES string of the molecule is O=C([O-])[C@H]1[C@H](C(=O)N2CCCCCC2)[C@@H]2C=C[C@H]1C2. The average molecular weight is 262 g/mol. The van der Waals surface area contributed by atoms with Crippen LogP contribution in [0.3, 0.4) is 0 Å². The van der Waals surface area contributed by atoms with Gasteiger partial charge in [-0.1, -0.05) is 25.0 Å². The second kappa shape index (κ2) is 4.99. The maximum atomic E-state index is 12.7. The van der Waals surface area contributed by atoms with E-state index in [2.05, 4.69) is 0 Å². The van der Waals surface area contributed by atoms with Crippen molar-refractivity contribution in [3.05, 3.63) is 12.2 Å². The third kappa shape index (κ3) is 2.17. The lowest BCUT2D eigenvalue weighted by molar-refractivity contribution is -0.313. The van der Waals surface area contributed by atoms with E-state index in [0.29, 0.717) is 0 Å². The first-order valence-corrected chi connectivity index (χ1v) is 7.36. The van der Waals surface area contributed by atoms with E-state index in [1.165, 1.54) is 12.8 Å². The number of allylic oxidation sites excluding steroid dienone is 2. The summed E-state index contributed by atoms with van der Waals surface area (Å²) in [6, 6.07) is 0. The van der Waals surface area contributed by atoms with Crippen molar-refractivity contribution in [3.8, 4) is 0 Å². The van der Waals surface area contributed by atoms with Gasteiger partial charge in [0.1, 0.15) is 0 Å². The van der Waals surface area contributed by atoms with Crippen molar-refractivity contribution >= 4 is 11.9 Å². The quantitative estimate of drug-likeness (QED) is 0.684. The van der Waals surface area contributed by atoms with Crippen LogP contribution in [0.15, 0.2) is 12.2 Å². The van der Waals surface area contributed by atoms with Crippen LogP contribution >= 0.6 is 0 Å². The summed E-state index contributed by atoms with van der Waals surface area (Å²) in [6.07, 6.45) is 9.22. The van der Waals surface area contributed by atoms with Crippen molar-refractivity contribution in [2.24, 2.45) is 23.7 Å². The number of carbonyl (C=O) groups is 2. The van der Waals surface area contributed by atoms with Gasteiger partial charge >= 0.3 is 0 Å². The molecule has 4 nitrogen and oxygen atoms in total. The molecule has 4 heteroatoms. The minimum Gasteiger partial charge on any atom is -0.550 e. The van der Waals surface area contributed by atoms with Crippen LogP contribution in [0, 0.1) is 23.7 Å². The van der Waals surface area contributed by atoms with Crippen LogP contribution in [0.25, 0.3) is 0 Å². The zero-order chi connectivity index (χ0) is 13.4. The Morgan fingerprint density at radius 2 is 1.53 bits per heavy atom. The van der Waals surface area contributed by atoms with Gasteiger partial charge in [-0.3, -0.25) is 4.79 Å². The largest absolute Gasteiger partial charge is 0.550 e. The standard InChI is InChI=1S/C15H21NO3/c17-14(16-7-3-1-2-4-8-16)12-10-5-6-11(9-10)13(12)15(18)19/h5-6,10-13H,1-4,7-9H2,(H,18,19)/p-1/t10-,11+,12-,13-/m1/s1. The summed E-state index contributed by atoms with van der Waals surface area (Å²) in [4.78, 5) is 25.9. The van der Waals surface area contributed by atoms with Crippen molar-refractivity contribution in [1.82, 2.24) is 4.90 Å². The van der Waals surface area contributed by atoms with E-state index < -0.39 is 11.9 Å². The molecule has 1 saturated carbocycles. The van der Waals surface area contributed by atoms with Crippen LogP contribution in [0.2, 0.25) is 0 Å². The molecule has 1 aliphatic heterocycles. The van der Waals surface area contributed by atoms with Gasteiger partial charge in [-0.05, 0) is 31.1 Å². The van der Waals surface area contributed by atoms with Crippen molar-refractivity contribution in [2.75, 3.05) is 13.1 Å². The fraction of sp³-hybridized carbons (Fsp3) is 0.733. The van der Waals surface area contributed by atoms with Gasteiger partial charge in [0.2, 0.25) is 5.91 Å². The Labute approximate surface area is 113 Å². The first kappa shape index (κ1) is 12.7. The van der Waals surface area contributed by atoms with E-state index in [0.717, 1.165) is 32.4 Å². The molecule has 19 heavy (non-hydrogen) atoms. The van der Waals surface area contributed by atoms with Gasteiger partial charge in [0, 0.05) is 25.0 Å². The van der Waals surface area contributed by atoms with Crippen LogP contribution in [0.1, 0.15) is 32.1 Å². The summed E-state index contributed by atoms with van der Waals surface area (Å²) < 4.78 is 0. The molecule has 1 heterocycles. The van der Waals surface area contributed by atoms with E-state index in [1.807, 2.05) is 17.1 Å². The summed E-state index contributed by atoms with van der Waals surface area (Å²) >= 11 is 0. The van der Waals surface area contributed by atoms with E-state index in [1.54, 1.807) is 0 Å². The van der Waals surface area contributed by atoms with Crippen LogP contribution in [-0.4, -0.2) is 29.9 Å². The number of likely N-dealkylation sites (tertiary alicyclic amines) is 1. The molecule has 1 saturated heterocycles. The predicted octanol–water partition coefficient (Wildman–Crippen LogP) is 0.577. The summed E-state index contributed by atoms with van der Waals surface area (Å²) in [5.74, 6) is -1.86. The fourth-order valence-electron chi connectivity index (χ4n) is 3.98. The molecule has 0 aromatic rings. The molecule has 2 fully saturated rings. The summed E-state index contributed by atoms with van der Waals surface area (Å²) in [5, 5.41) is 11.3. The van der Waals surface area contributed by atoms with Gasteiger partial charge in [0.25, 0.3) is 0 Å². The average Bonchev–Trinajstić information content (AvgIpc) is 2.89. The molecule has 4 atom stereocenters. The number of carboxylic acids is 1. The highest BCUT2D eigenvalue weighted by molar-refractivity contribution is 5.86. The molecule has 0 aromatic carbocycles. The minimum absolute atomic E-state index is 0.0101. The number of hydrogen-bond acceptors (Lipinski definition) is 3. The third-order valence-electron chi connectivity index (χ3n) is 4.93. The molecule has 0 N–H and O–H groups in total. The first-order valence-electron chi connectivity index (χ1n) is 7.36. The Kier molecular flexibility index (Phi) is 3.33. The van der Waals surface area contributed by atoms with Crippen molar-refractivity contribution < 1.29 is 14.7 Å². The second-order valence-corrected chi connectivity index (χ2v) is 6.06. The lowest BCUT2D eigenvalue weighted by atomic mass is 9.82. The Balaban J connectivity index is 1.78. The zero-order valence-electron chi connectivity index (χ0n) is 11.1. The van der Waals surface area contributed by atoms with Crippen molar-refractivity contribution in [2.45, 2.75) is 32.1 Å². The fourth-order valence-corrected chi connectivity index (χ4v) is 3.98. The van der Waals surface area contributed by atoms with Crippen LogP contribution in [-0.2, 0) is 9.59 Å². The van der Waals surface area contributed by atoms with Crippen LogP contribution in [0.5, 0.6) is 0 Å². The number of nitrogens with zero attached hydrogens (tertiary/aromatic N) is 1.